The van der Waals surface area contributed by atoms with Crippen molar-refractivity contribution in [2.45, 2.75) is 46.8 Å². The molecule has 0 aromatic heterocycles. The Labute approximate surface area is 148 Å². The molecule has 24 heavy (non-hydrogen) atoms. The van der Waals surface area contributed by atoms with E-state index in [9.17, 15) is 0 Å². The summed E-state index contributed by atoms with van der Waals surface area (Å²) in [6.45, 7) is 18.2. The van der Waals surface area contributed by atoms with Crippen molar-refractivity contribution in [1.82, 2.24) is 0 Å². The van der Waals surface area contributed by atoms with E-state index in [4.69, 9.17) is 4.74 Å². The minimum Gasteiger partial charge on any atom is -0.503 e. The molecule has 2 rings (SSSR count). The Hall–Kier alpha value is -1.74. The first-order valence-corrected chi connectivity index (χ1v) is 12.2. The van der Waals surface area contributed by atoms with Gasteiger partial charge in [0.05, 0.1) is 27.7 Å². The number of benzene rings is 1. The van der Waals surface area contributed by atoms with Crippen LogP contribution >= 0.6 is 0 Å². The van der Waals surface area contributed by atoms with Crippen molar-refractivity contribution in [3.63, 3.8) is 0 Å². The highest BCUT2D eigenvalue weighted by molar-refractivity contribution is 6.84. The molecule has 0 saturated carbocycles. The molecule has 0 bridgehead atoms. The predicted octanol–water partition coefficient (Wildman–Crippen LogP) is 5.34. The third kappa shape index (κ3) is 4.01. The molecule has 0 fully saturated rings. The van der Waals surface area contributed by atoms with Crippen LogP contribution in [0.2, 0.25) is 19.6 Å². The monoisotopic (exact) mass is 341 g/mol. The minimum absolute atomic E-state index is 0.639. The molecule has 0 amide bonds. The lowest BCUT2D eigenvalue weighted by molar-refractivity contribution is -0.418. The number of aryl methyl sites for hydroxylation is 1. The van der Waals surface area contributed by atoms with Crippen molar-refractivity contribution < 1.29 is 9.31 Å². The second-order valence-corrected chi connectivity index (χ2v) is 13.1. The third-order valence-corrected chi connectivity index (χ3v) is 6.47. The molecule has 0 unspecified atom stereocenters. The molecule has 1 heterocycles. The summed E-state index contributed by atoms with van der Waals surface area (Å²) in [6, 6.07) is 7.39. The molecule has 1 aromatic rings. The fourth-order valence-electron chi connectivity index (χ4n) is 3.15. The number of ether oxygens (including phenoxy) is 1. The largest absolute Gasteiger partial charge is 0.503 e. The van der Waals surface area contributed by atoms with Gasteiger partial charge < -0.3 is 4.74 Å². The van der Waals surface area contributed by atoms with Gasteiger partial charge in [0.25, 0.3) is 0 Å². The van der Waals surface area contributed by atoms with E-state index in [1.807, 2.05) is 10.6 Å². The van der Waals surface area contributed by atoms with Crippen molar-refractivity contribution in [1.29, 1.82) is 0 Å². The van der Waals surface area contributed by atoms with Crippen LogP contribution in [0.3, 0.4) is 0 Å². The zero-order valence-electron chi connectivity index (χ0n) is 16.2. The van der Waals surface area contributed by atoms with Gasteiger partial charge in [0.15, 0.2) is 0 Å². The van der Waals surface area contributed by atoms with Crippen molar-refractivity contribution in [2.24, 2.45) is 5.92 Å². The van der Waals surface area contributed by atoms with Gasteiger partial charge in [-0.25, -0.2) is 0 Å². The van der Waals surface area contributed by atoms with Crippen molar-refractivity contribution >= 4 is 14.8 Å². The molecule has 1 aliphatic rings. The van der Waals surface area contributed by atoms with Gasteiger partial charge in [-0.2, -0.15) is 0 Å². The molecule has 3 heteroatoms. The third-order valence-electron chi connectivity index (χ3n) is 4.41. The van der Waals surface area contributed by atoms with E-state index < -0.39 is 8.07 Å². The summed E-state index contributed by atoms with van der Waals surface area (Å²) in [5.74, 6) is 1.52. The summed E-state index contributed by atoms with van der Waals surface area (Å²) >= 11 is 0. The Morgan fingerprint density at radius 1 is 1.25 bits per heavy atom. The average molecular weight is 342 g/mol. The van der Waals surface area contributed by atoms with E-state index in [1.54, 1.807) is 7.11 Å². The van der Waals surface area contributed by atoms with Crippen LogP contribution in [0.4, 0.5) is 0 Å². The maximum atomic E-state index is 5.42. The summed E-state index contributed by atoms with van der Waals surface area (Å²) in [4.78, 5) is 0. The summed E-state index contributed by atoms with van der Waals surface area (Å²) in [5.41, 5.74) is 3.90. The number of hydrogen-bond donors (Lipinski definition) is 0. The van der Waals surface area contributed by atoms with Crippen LogP contribution in [0.15, 0.2) is 41.2 Å². The van der Waals surface area contributed by atoms with Gasteiger partial charge in [0, 0.05) is 0 Å². The normalized spacial score (nSPS) is 15.5. The highest BCUT2D eigenvalue weighted by Crippen LogP contribution is 2.36. The number of nitrogens with zero attached hydrogens (tertiary/aromatic N) is 1. The molecule has 0 N–H and O–H groups in total. The first-order chi connectivity index (χ1) is 11.1. The SMILES string of the molecule is C=[N+]1C=C([Si](C)(C)C)C(CC(C)C)=C[C-]1c1cc(OC)ccc1C. The Balaban J connectivity index is 2.51. The van der Waals surface area contributed by atoms with E-state index in [1.165, 1.54) is 21.9 Å². The Bertz CT molecular complexity index is 692. The van der Waals surface area contributed by atoms with Gasteiger partial charge in [-0.05, 0) is 35.2 Å². The molecular weight excluding hydrogens is 310 g/mol. The minimum atomic E-state index is -1.42. The second-order valence-electron chi connectivity index (χ2n) is 8.10. The highest BCUT2D eigenvalue weighted by atomic mass is 28.3. The fraction of sp³-hybridized carbons (Fsp3) is 0.429. The Morgan fingerprint density at radius 2 is 1.92 bits per heavy atom. The molecule has 1 aliphatic heterocycles. The zero-order chi connectivity index (χ0) is 18.1. The van der Waals surface area contributed by atoms with E-state index in [2.05, 4.69) is 71.5 Å². The maximum Gasteiger partial charge on any atom is 0.147 e. The van der Waals surface area contributed by atoms with Gasteiger partial charge in [0.1, 0.15) is 12.2 Å². The highest BCUT2D eigenvalue weighted by Gasteiger charge is 2.29. The quantitative estimate of drug-likeness (QED) is 0.400. The van der Waals surface area contributed by atoms with Crippen LogP contribution in [0.1, 0.15) is 31.4 Å². The average Bonchev–Trinajstić information content (AvgIpc) is 2.48. The maximum absolute atomic E-state index is 5.42. The first kappa shape index (κ1) is 18.6. The van der Waals surface area contributed by atoms with Gasteiger partial charge in [-0.3, -0.25) is 4.58 Å². The van der Waals surface area contributed by atoms with Crippen LogP contribution in [-0.2, 0) is 0 Å². The van der Waals surface area contributed by atoms with Crippen molar-refractivity contribution in [3.05, 3.63) is 58.4 Å². The molecule has 130 valence electrons. The smallest absolute Gasteiger partial charge is 0.147 e. The lowest BCUT2D eigenvalue weighted by Crippen LogP contribution is -2.31. The van der Waals surface area contributed by atoms with Crippen LogP contribution in [0.25, 0.3) is 0 Å². The second kappa shape index (κ2) is 7.02. The van der Waals surface area contributed by atoms with Crippen LogP contribution in [0, 0.1) is 18.9 Å². The van der Waals surface area contributed by atoms with E-state index in [-0.39, 0.29) is 0 Å². The number of hydrogen-bond acceptors (Lipinski definition) is 1. The number of methoxy groups -OCH3 is 1. The molecule has 0 aliphatic carbocycles. The molecule has 2 nitrogen and oxygen atoms in total. The summed E-state index contributed by atoms with van der Waals surface area (Å²) in [6.07, 6.45) is 5.72. The lowest BCUT2D eigenvalue weighted by Gasteiger charge is -2.32. The van der Waals surface area contributed by atoms with Gasteiger partial charge >= 0.3 is 0 Å². The summed E-state index contributed by atoms with van der Waals surface area (Å²) in [7, 11) is 0.297. The topological polar surface area (TPSA) is 12.2 Å². The van der Waals surface area contributed by atoms with Gasteiger partial charge in [-0.15, -0.1) is 0 Å². The number of allylic oxidation sites excluding steroid dienone is 2. The molecule has 0 radical (unpaired) electrons. The predicted molar refractivity (Wildman–Crippen MR) is 106 cm³/mol. The zero-order valence-corrected chi connectivity index (χ0v) is 17.2. The van der Waals surface area contributed by atoms with Gasteiger partial charge in [0.2, 0.25) is 0 Å². The van der Waals surface area contributed by atoms with Crippen LogP contribution in [0.5, 0.6) is 5.75 Å². The fourth-order valence-corrected chi connectivity index (χ4v) is 4.84. The van der Waals surface area contributed by atoms with Crippen molar-refractivity contribution in [3.8, 4) is 5.75 Å². The lowest BCUT2D eigenvalue weighted by atomic mass is 9.93. The molecule has 0 atom stereocenters. The van der Waals surface area contributed by atoms with Crippen LogP contribution < -0.4 is 4.74 Å². The molecular formula is C21H31NOSi. The standard InChI is InChI=1S/C21H31NOSi/c1-15(2)11-17-12-20(22(4)14-21(17)24(6,7)8)19-13-18(23-5)10-9-16(19)3/h9-10,12-15H,4,11H2,1-3,5-8H3. The van der Waals surface area contributed by atoms with E-state index >= 15 is 0 Å². The van der Waals surface area contributed by atoms with E-state index in [0.717, 1.165) is 18.2 Å². The molecule has 1 aromatic carbocycles. The summed E-state index contributed by atoms with van der Waals surface area (Å²) in [5, 5.41) is 1.51. The Kier molecular flexibility index (Phi) is 5.44. The molecule has 0 spiro atoms. The van der Waals surface area contributed by atoms with Gasteiger partial charge in [-0.1, -0.05) is 63.7 Å². The number of rotatable bonds is 5. The van der Waals surface area contributed by atoms with E-state index in [0.29, 0.717) is 5.92 Å². The molecule has 0 saturated heterocycles. The van der Waals surface area contributed by atoms with Crippen molar-refractivity contribution in [2.75, 3.05) is 7.11 Å². The first-order valence-electron chi connectivity index (χ1n) is 8.68. The summed E-state index contributed by atoms with van der Waals surface area (Å²) < 4.78 is 7.46. The Morgan fingerprint density at radius 3 is 2.46 bits per heavy atom. The van der Waals surface area contributed by atoms with Crippen LogP contribution in [-0.4, -0.2) is 26.5 Å².